The van der Waals surface area contributed by atoms with Crippen molar-refractivity contribution in [2.75, 3.05) is 0 Å². The lowest BCUT2D eigenvalue weighted by Gasteiger charge is -2.07. The van der Waals surface area contributed by atoms with Crippen LogP contribution in [0, 0.1) is 11.3 Å². The Kier molecular flexibility index (Phi) is 3.94. The van der Waals surface area contributed by atoms with Crippen LogP contribution in [-0.2, 0) is 15.6 Å². The van der Waals surface area contributed by atoms with Crippen LogP contribution in [0.3, 0.4) is 0 Å². The molecule has 8 heteroatoms. The average Bonchev–Trinajstić information content (AvgIpc) is 2.75. The molecule has 1 aromatic heterocycles. The third-order valence-corrected chi connectivity index (χ3v) is 4.53. The summed E-state index contributed by atoms with van der Waals surface area (Å²) in [5, 5.41) is 12.5. The number of halogens is 2. The molecule has 0 saturated heterocycles. The predicted molar refractivity (Wildman–Crippen MR) is 73.2 cm³/mol. The molecule has 5 nitrogen and oxygen atoms in total. The summed E-state index contributed by atoms with van der Waals surface area (Å²) < 4.78 is 25.0. The average molecular weight is 361 g/mol. The highest BCUT2D eigenvalue weighted by Crippen LogP contribution is 2.22. The zero-order valence-electron chi connectivity index (χ0n) is 9.42. The van der Waals surface area contributed by atoms with Crippen LogP contribution in [0.5, 0.6) is 0 Å². The number of nitrogens with zero attached hydrogens (tertiary/aromatic N) is 3. The van der Waals surface area contributed by atoms with Gasteiger partial charge >= 0.3 is 0 Å². The number of rotatable bonds is 3. The van der Waals surface area contributed by atoms with Gasteiger partial charge in [-0.3, -0.25) is 0 Å². The molecule has 2 rings (SSSR count). The van der Waals surface area contributed by atoms with Crippen LogP contribution in [-0.4, -0.2) is 18.2 Å². The summed E-state index contributed by atoms with van der Waals surface area (Å²) in [7, 11) is 1.31. The summed E-state index contributed by atoms with van der Waals surface area (Å²) in [6, 6.07) is 9.09. The second-order valence-electron chi connectivity index (χ2n) is 3.66. The first-order chi connectivity index (χ1) is 8.93. The number of aromatic nitrogens is 2. The first-order valence-electron chi connectivity index (χ1n) is 5.07. The van der Waals surface area contributed by atoms with E-state index in [4.69, 9.17) is 15.9 Å². The Labute approximate surface area is 123 Å². The molecule has 0 atom stereocenters. The van der Waals surface area contributed by atoms with Crippen LogP contribution in [0.1, 0.15) is 11.1 Å². The zero-order valence-corrected chi connectivity index (χ0v) is 12.6. The molecule has 0 fully saturated rings. The largest absolute Gasteiger partial charge is 0.279 e. The molecule has 0 aliphatic heterocycles. The van der Waals surface area contributed by atoms with E-state index in [2.05, 4.69) is 21.0 Å². The first-order valence-corrected chi connectivity index (χ1v) is 8.17. The lowest BCUT2D eigenvalue weighted by atomic mass is 10.2. The number of hydrogen-bond acceptors (Lipinski definition) is 4. The van der Waals surface area contributed by atoms with Crippen LogP contribution >= 0.6 is 26.6 Å². The highest BCUT2D eigenvalue weighted by Gasteiger charge is 2.23. The van der Waals surface area contributed by atoms with Gasteiger partial charge in [0.25, 0.3) is 9.05 Å². The minimum atomic E-state index is -4.03. The SMILES string of the molecule is N#Cc1cnn(Cc2ccccc2Br)c1S(=O)(=O)Cl. The van der Waals surface area contributed by atoms with Gasteiger partial charge in [-0.15, -0.1) is 0 Å². The van der Waals surface area contributed by atoms with E-state index in [-0.39, 0.29) is 17.1 Å². The van der Waals surface area contributed by atoms with Gasteiger partial charge in [0.1, 0.15) is 11.6 Å². The number of benzene rings is 1. The lowest BCUT2D eigenvalue weighted by molar-refractivity contribution is 0.573. The van der Waals surface area contributed by atoms with Crippen molar-refractivity contribution in [3.05, 3.63) is 46.1 Å². The van der Waals surface area contributed by atoms with Crippen molar-refractivity contribution in [3.63, 3.8) is 0 Å². The molecule has 1 aromatic carbocycles. The van der Waals surface area contributed by atoms with Crippen LogP contribution < -0.4 is 0 Å². The molecule has 1 heterocycles. The molecule has 2 aromatic rings. The standard InChI is InChI=1S/C11H7BrClN3O2S/c12-10-4-2-1-3-8(10)7-16-11(19(13,17)18)9(5-14)6-15-16/h1-4,6H,7H2. The third kappa shape index (κ3) is 2.97. The minimum Gasteiger partial charge on any atom is -0.247 e. The van der Waals surface area contributed by atoms with E-state index in [1.54, 1.807) is 6.07 Å². The summed E-state index contributed by atoms with van der Waals surface area (Å²) in [6.07, 6.45) is 1.19. The van der Waals surface area contributed by atoms with Crippen LogP contribution in [0.15, 0.2) is 40.0 Å². The Morgan fingerprint density at radius 3 is 2.68 bits per heavy atom. The van der Waals surface area contributed by atoms with Crippen molar-refractivity contribution < 1.29 is 8.42 Å². The summed E-state index contributed by atoms with van der Waals surface area (Å²) in [4.78, 5) is 0. The maximum absolute atomic E-state index is 11.5. The molecular formula is C11H7BrClN3O2S. The van der Waals surface area contributed by atoms with E-state index in [1.807, 2.05) is 24.3 Å². The molecule has 0 bridgehead atoms. The van der Waals surface area contributed by atoms with Crippen molar-refractivity contribution in [1.29, 1.82) is 5.26 Å². The van der Waals surface area contributed by atoms with Gasteiger partial charge < -0.3 is 0 Å². The highest BCUT2D eigenvalue weighted by molar-refractivity contribution is 9.10. The van der Waals surface area contributed by atoms with Crippen molar-refractivity contribution in [3.8, 4) is 6.07 Å². The molecule has 0 aliphatic carbocycles. The third-order valence-electron chi connectivity index (χ3n) is 2.42. The summed E-state index contributed by atoms with van der Waals surface area (Å²) in [5.74, 6) is 0. The number of hydrogen-bond donors (Lipinski definition) is 0. The van der Waals surface area contributed by atoms with Crippen LogP contribution in [0.4, 0.5) is 0 Å². The molecule has 0 amide bonds. The van der Waals surface area contributed by atoms with Gasteiger partial charge in [0, 0.05) is 15.2 Å². The smallest absolute Gasteiger partial charge is 0.247 e. The Bertz CT molecular complexity index is 764. The van der Waals surface area contributed by atoms with Crippen LogP contribution in [0.25, 0.3) is 0 Å². The predicted octanol–water partition coefficient (Wildman–Crippen LogP) is 2.49. The van der Waals surface area contributed by atoms with E-state index in [1.165, 1.54) is 10.9 Å². The van der Waals surface area contributed by atoms with E-state index < -0.39 is 9.05 Å². The molecule has 0 N–H and O–H groups in total. The zero-order chi connectivity index (χ0) is 14.0. The minimum absolute atomic E-state index is 0.0675. The fourth-order valence-electron chi connectivity index (χ4n) is 1.61. The molecule has 0 aliphatic rings. The van der Waals surface area contributed by atoms with Crippen LogP contribution in [0.2, 0.25) is 0 Å². The highest BCUT2D eigenvalue weighted by atomic mass is 79.9. The van der Waals surface area contributed by atoms with Gasteiger partial charge in [-0.25, -0.2) is 13.1 Å². The molecule has 0 radical (unpaired) electrons. The van der Waals surface area contributed by atoms with Gasteiger partial charge in [-0.1, -0.05) is 34.1 Å². The Hall–Kier alpha value is -1.36. The Balaban J connectivity index is 2.52. The maximum atomic E-state index is 11.5. The molecule has 19 heavy (non-hydrogen) atoms. The topological polar surface area (TPSA) is 75.8 Å². The molecule has 0 spiro atoms. The molecule has 0 saturated carbocycles. The van der Waals surface area contributed by atoms with Gasteiger partial charge in [0.05, 0.1) is 12.7 Å². The van der Waals surface area contributed by atoms with Gasteiger partial charge in [0.2, 0.25) is 0 Å². The maximum Gasteiger partial charge on any atom is 0.279 e. The quantitative estimate of drug-likeness (QED) is 0.788. The van der Waals surface area contributed by atoms with Crippen molar-refractivity contribution >= 4 is 35.7 Å². The normalized spacial score (nSPS) is 11.2. The van der Waals surface area contributed by atoms with Crippen molar-refractivity contribution in [2.24, 2.45) is 0 Å². The summed E-state index contributed by atoms with van der Waals surface area (Å²) >= 11 is 3.36. The summed E-state index contributed by atoms with van der Waals surface area (Å²) in [6.45, 7) is 0.199. The van der Waals surface area contributed by atoms with E-state index in [0.717, 1.165) is 10.0 Å². The second kappa shape index (κ2) is 5.33. The molecule has 0 unspecified atom stereocenters. The summed E-state index contributed by atoms with van der Waals surface area (Å²) in [5.41, 5.74) is 0.763. The molecular weight excluding hydrogens is 354 g/mol. The van der Waals surface area contributed by atoms with E-state index in [0.29, 0.717) is 0 Å². The van der Waals surface area contributed by atoms with Gasteiger partial charge in [-0.05, 0) is 11.6 Å². The fraction of sp³-hybridized carbons (Fsp3) is 0.0909. The Morgan fingerprint density at radius 2 is 2.11 bits per heavy atom. The molecule has 98 valence electrons. The van der Waals surface area contributed by atoms with E-state index >= 15 is 0 Å². The monoisotopic (exact) mass is 359 g/mol. The Morgan fingerprint density at radius 1 is 1.42 bits per heavy atom. The second-order valence-corrected chi connectivity index (χ2v) is 7.00. The number of nitriles is 1. The van der Waals surface area contributed by atoms with Crippen molar-refractivity contribution in [2.45, 2.75) is 11.6 Å². The van der Waals surface area contributed by atoms with Crippen molar-refractivity contribution in [1.82, 2.24) is 9.78 Å². The van der Waals surface area contributed by atoms with Gasteiger partial charge in [0.15, 0.2) is 5.03 Å². The fourth-order valence-corrected chi connectivity index (χ4v) is 3.23. The van der Waals surface area contributed by atoms with Gasteiger partial charge in [-0.2, -0.15) is 10.4 Å². The van der Waals surface area contributed by atoms with E-state index in [9.17, 15) is 8.42 Å². The first kappa shape index (κ1) is 14.1. The lowest BCUT2D eigenvalue weighted by Crippen LogP contribution is -2.09.